The van der Waals surface area contributed by atoms with Crippen LogP contribution < -0.4 is 10.0 Å². The van der Waals surface area contributed by atoms with Crippen LogP contribution in [0.25, 0.3) is 0 Å². The number of nitrogens with zero attached hydrogens (tertiary/aromatic N) is 1. The highest BCUT2D eigenvalue weighted by Gasteiger charge is 2.35. The van der Waals surface area contributed by atoms with E-state index < -0.39 is 16.1 Å². The van der Waals surface area contributed by atoms with Crippen LogP contribution in [0.3, 0.4) is 0 Å². The molecule has 8 heteroatoms. The fourth-order valence-corrected chi connectivity index (χ4v) is 5.80. The van der Waals surface area contributed by atoms with E-state index in [1.165, 1.54) is 5.56 Å². The van der Waals surface area contributed by atoms with Crippen LogP contribution >= 0.6 is 0 Å². The molecule has 2 aromatic rings. The minimum atomic E-state index is -3.79. The van der Waals surface area contributed by atoms with Gasteiger partial charge in [0.1, 0.15) is 6.04 Å². The zero-order valence-electron chi connectivity index (χ0n) is 19.8. The highest BCUT2D eigenvalue weighted by molar-refractivity contribution is 7.92. The quantitative estimate of drug-likeness (QED) is 0.625. The van der Waals surface area contributed by atoms with E-state index in [2.05, 4.69) is 10.0 Å². The second kappa shape index (κ2) is 10.2. The highest BCUT2D eigenvalue weighted by Crippen LogP contribution is 2.26. The lowest BCUT2D eigenvalue weighted by molar-refractivity contribution is -0.125. The van der Waals surface area contributed by atoms with Crippen molar-refractivity contribution in [2.24, 2.45) is 0 Å². The fourth-order valence-electron chi connectivity index (χ4n) is 4.70. The molecule has 2 atom stereocenters. The number of nitrogens with one attached hydrogen (secondary N) is 2. The van der Waals surface area contributed by atoms with Crippen LogP contribution in [0.15, 0.2) is 47.4 Å². The van der Waals surface area contributed by atoms with Gasteiger partial charge in [0.05, 0.1) is 4.90 Å². The van der Waals surface area contributed by atoms with Gasteiger partial charge in [0.15, 0.2) is 0 Å². The van der Waals surface area contributed by atoms with E-state index in [1.807, 2.05) is 19.9 Å². The van der Waals surface area contributed by atoms with Crippen LogP contribution in [-0.2, 0) is 27.7 Å². The molecule has 0 unspecified atom stereocenters. The molecular formula is C26H33N3O4S. The van der Waals surface area contributed by atoms with Crippen LogP contribution in [-0.4, -0.2) is 43.8 Å². The average Bonchev–Trinajstić information content (AvgIpc) is 3.33. The Hall–Kier alpha value is -2.87. The third-order valence-corrected chi connectivity index (χ3v) is 8.19. The molecule has 2 aliphatic rings. The molecule has 0 saturated carbocycles. The average molecular weight is 484 g/mol. The van der Waals surface area contributed by atoms with Crippen molar-refractivity contribution in [3.63, 3.8) is 0 Å². The van der Waals surface area contributed by atoms with Crippen LogP contribution in [0, 0.1) is 0 Å². The SMILES string of the molecule is CC[C@H](C)NC(=O)[C@H]1CCCN1C(=O)c1cccc(NS(=O)(=O)c2ccc3c(c2)CCCC3)c1. The Morgan fingerprint density at radius 2 is 1.82 bits per heavy atom. The van der Waals surface area contributed by atoms with Gasteiger partial charge in [-0.05, 0) is 93.3 Å². The van der Waals surface area contributed by atoms with Crippen molar-refractivity contribution in [3.05, 3.63) is 59.2 Å². The summed E-state index contributed by atoms with van der Waals surface area (Å²) in [7, 11) is -3.79. The van der Waals surface area contributed by atoms with Gasteiger partial charge in [0.25, 0.3) is 15.9 Å². The van der Waals surface area contributed by atoms with Crippen LogP contribution in [0.4, 0.5) is 5.69 Å². The standard InChI is InChI=1S/C26H33N3O4S/c1-3-18(2)27-25(30)24-12-7-15-29(24)26(31)21-10-6-11-22(16-21)28-34(32,33)23-14-13-19-8-4-5-9-20(19)17-23/h6,10-11,13-14,16-18,24,28H,3-5,7-9,12,15H2,1-2H3,(H,27,30)/t18-,24+/m0/s1. The Morgan fingerprint density at radius 1 is 1.06 bits per heavy atom. The van der Waals surface area contributed by atoms with Crippen molar-refractivity contribution < 1.29 is 18.0 Å². The second-order valence-electron chi connectivity index (χ2n) is 9.30. The largest absolute Gasteiger partial charge is 0.352 e. The topological polar surface area (TPSA) is 95.6 Å². The van der Waals surface area contributed by atoms with Gasteiger partial charge >= 0.3 is 0 Å². The van der Waals surface area contributed by atoms with Gasteiger partial charge in [-0.2, -0.15) is 0 Å². The number of carbonyl (C=O) groups is 2. The molecule has 1 aliphatic carbocycles. The first-order valence-corrected chi connectivity index (χ1v) is 13.6. The molecule has 2 N–H and O–H groups in total. The lowest BCUT2D eigenvalue weighted by Crippen LogP contribution is -2.48. The van der Waals surface area contributed by atoms with Crippen molar-refractivity contribution in [3.8, 4) is 0 Å². The summed E-state index contributed by atoms with van der Waals surface area (Å²) in [5.74, 6) is -0.402. The summed E-state index contributed by atoms with van der Waals surface area (Å²) < 4.78 is 28.7. The van der Waals surface area contributed by atoms with Gasteiger partial charge in [0, 0.05) is 23.8 Å². The summed E-state index contributed by atoms with van der Waals surface area (Å²) >= 11 is 0. The van der Waals surface area contributed by atoms with Gasteiger partial charge in [-0.3, -0.25) is 14.3 Å². The smallest absolute Gasteiger partial charge is 0.261 e. The molecular weight excluding hydrogens is 450 g/mol. The molecule has 1 saturated heterocycles. The number of aryl methyl sites for hydroxylation is 2. The molecule has 0 spiro atoms. The molecule has 182 valence electrons. The number of carbonyl (C=O) groups excluding carboxylic acids is 2. The number of rotatable bonds is 7. The van der Waals surface area contributed by atoms with E-state index in [0.717, 1.165) is 44.1 Å². The Bertz CT molecular complexity index is 1180. The maximum atomic E-state index is 13.2. The number of sulfonamides is 1. The van der Waals surface area contributed by atoms with E-state index in [9.17, 15) is 18.0 Å². The first-order valence-electron chi connectivity index (χ1n) is 12.1. The molecule has 0 bridgehead atoms. The summed E-state index contributed by atoms with van der Waals surface area (Å²) in [4.78, 5) is 27.7. The van der Waals surface area contributed by atoms with Crippen LogP contribution in [0.1, 0.15) is 67.4 Å². The van der Waals surface area contributed by atoms with Crippen molar-refractivity contribution in [1.29, 1.82) is 0 Å². The summed E-state index contributed by atoms with van der Waals surface area (Å²) in [5, 5.41) is 2.97. The third kappa shape index (κ3) is 5.27. The fraction of sp³-hybridized carbons (Fsp3) is 0.462. The zero-order chi connectivity index (χ0) is 24.3. The molecule has 0 aromatic heterocycles. The first kappa shape index (κ1) is 24.3. The van der Waals surface area contributed by atoms with Crippen LogP contribution in [0.5, 0.6) is 0 Å². The van der Waals surface area contributed by atoms with Gasteiger partial charge in [-0.15, -0.1) is 0 Å². The van der Waals surface area contributed by atoms with E-state index >= 15 is 0 Å². The monoisotopic (exact) mass is 483 g/mol. The molecule has 1 fully saturated rings. The van der Waals surface area contributed by atoms with Crippen LogP contribution in [0.2, 0.25) is 0 Å². The zero-order valence-corrected chi connectivity index (χ0v) is 20.7. The van der Waals surface area contributed by atoms with Crippen molar-refractivity contribution in [2.75, 3.05) is 11.3 Å². The Morgan fingerprint density at radius 3 is 2.59 bits per heavy atom. The summed E-state index contributed by atoms with van der Waals surface area (Å²) in [6.45, 7) is 4.44. The van der Waals surface area contributed by atoms with Crippen molar-refractivity contribution >= 4 is 27.5 Å². The molecule has 1 heterocycles. The Labute approximate surface area is 202 Å². The first-order chi connectivity index (χ1) is 16.3. The summed E-state index contributed by atoms with van der Waals surface area (Å²) in [5.41, 5.74) is 2.99. The molecule has 2 amide bonds. The number of hydrogen-bond acceptors (Lipinski definition) is 4. The minimum absolute atomic E-state index is 0.0476. The van der Waals surface area contributed by atoms with Crippen molar-refractivity contribution in [1.82, 2.24) is 10.2 Å². The van der Waals surface area contributed by atoms with Gasteiger partial charge < -0.3 is 10.2 Å². The predicted molar refractivity (Wildman–Crippen MR) is 132 cm³/mol. The number of amides is 2. The summed E-state index contributed by atoms with van der Waals surface area (Å²) in [6.07, 6.45) is 6.28. The molecule has 2 aromatic carbocycles. The lowest BCUT2D eigenvalue weighted by atomic mass is 9.92. The Balaban J connectivity index is 1.50. The number of benzene rings is 2. The van der Waals surface area contributed by atoms with Gasteiger partial charge in [-0.1, -0.05) is 19.1 Å². The Kier molecular flexibility index (Phi) is 7.26. The predicted octanol–water partition coefficient (Wildman–Crippen LogP) is 3.89. The molecule has 4 rings (SSSR count). The van der Waals surface area contributed by atoms with E-state index in [0.29, 0.717) is 24.2 Å². The molecule has 34 heavy (non-hydrogen) atoms. The van der Waals surface area contributed by atoms with E-state index in [1.54, 1.807) is 41.3 Å². The third-order valence-electron chi connectivity index (χ3n) is 6.81. The lowest BCUT2D eigenvalue weighted by Gasteiger charge is -2.25. The van der Waals surface area contributed by atoms with Gasteiger partial charge in [0.2, 0.25) is 5.91 Å². The maximum absolute atomic E-state index is 13.2. The number of anilines is 1. The van der Waals surface area contributed by atoms with Gasteiger partial charge in [-0.25, -0.2) is 8.42 Å². The normalized spacial score (nSPS) is 18.8. The maximum Gasteiger partial charge on any atom is 0.261 e. The molecule has 1 aliphatic heterocycles. The van der Waals surface area contributed by atoms with E-state index in [4.69, 9.17) is 0 Å². The summed E-state index contributed by atoms with van der Waals surface area (Å²) in [6, 6.07) is 11.3. The number of likely N-dealkylation sites (tertiary alicyclic amines) is 1. The highest BCUT2D eigenvalue weighted by atomic mass is 32.2. The molecule has 7 nitrogen and oxygen atoms in total. The molecule has 0 radical (unpaired) electrons. The van der Waals surface area contributed by atoms with Crippen molar-refractivity contribution in [2.45, 2.75) is 75.8 Å². The second-order valence-corrected chi connectivity index (χ2v) is 11.0. The number of hydrogen-bond donors (Lipinski definition) is 2. The number of fused-ring (bicyclic) bond motifs is 1. The van der Waals surface area contributed by atoms with E-state index in [-0.39, 0.29) is 22.8 Å². The minimum Gasteiger partial charge on any atom is -0.352 e.